The highest BCUT2D eigenvalue weighted by Crippen LogP contribution is 2.32. The minimum atomic E-state index is -1.00. The van der Waals surface area contributed by atoms with E-state index >= 15 is 0 Å². The molecular formula is C14H18N2O4. The summed E-state index contributed by atoms with van der Waals surface area (Å²) in [4.78, 5) is 24.9. The number of urea groups is 1. The molecule has 2 unspecified atom stereocenters. The van der Waals surface area contributed by atoms with E-state index in [1.165, 1.54) is 4.90 Å². The summed E-state index contributed by atoms with van der Waals surface area (Å²) in [6.45, 7) is 2.16. The number of ether oxygens (including phenoxy) is 1. The van der Waals surface area contributed by atoms with Crippen molar-refractivity contribution in [1.82, 2.24) is 5.32 Å². The summed E-state index contributed by atoms with van der Waals surface area (Å²) in [5, 5.41) is 12.0. The number of carboxylic acid groups (broad SMARTS) is 1. The van der Waals surface area contributed by atoms with Crippen molar-refractivity contribution in [3.8, 4) is 0 Å². The normalized spacial score (nSPS) is 18.5. The summed E-state index contributed by atoms with van der Waals surface area (Å²) in [6, 6.07) is 5.97. The predicted molar refractivity (Wildman–Crippen MR) is 73.9 cm³/mol. The van der Waals surface area contributed by atoms with Gasteiger partial charge >= 0.3 is 12.0 Å². The van der Waals surface area contributed by atoms with Crippen molar-refractivity contribution in [2.75, 3.05) is 18.6 Å². The molecule has 20 heavy (non-hydrogen) atoms. The molecule has 6 heteroatoms. The van der Waals surface area contributed by atoms with Crippen LogP contribution in [0.5, 0.6) is 0 Å². The molecule has 0 saturated carbocycles. The number of anilines is 1. The highest BCUT2D eigenvalue weighted by molar-refractivity contribution is 6.01. The number of nitrogens with one attached hydrogen (secondary N) is 1. The van der Waals surface area contributed by atoms with Gasteiger partial charge in [-0.25, -0.2) is 9.59 Å². The topological polar surface area (TPSA) is 78.9 Å². The van der Waals surface area contributed by atoms with Gasteiger partial charge in [0.05, 0.1) is 6.10 Å². The Hall–Kier alpha value is -2.08. The first-order chi connectivity index (χ1) is 9.54. The van der Waals surface area contributed by atoms with Crippen LogP contribution in [0, 0.1) is 0 Å². The first-order valence-electron chi connectivity index (χ1n) is 6.45. The molecule has 2 rings (SSSR count). The molecule has 1 heterocycles. The van der Waals surface area contributed by atoms with Gasteiger partial charge in [0.1, 0.15) is 6.04 Å². The van der Waals surface area contributed by atoms with Gasteiger partial charge in [-0.2, -0.15) is 0 Å². The first kappa shape index (κ1) is 14.3. The van der Waals surface area contributed by atoms with Gasteiger partial charge < -0.3 is 15.2 Å². The fourth-order valence-electron chi connectivity index (χ4n) is 2.23. The number of carbonyl (C=O) groups is 2. The molecule has 6 nitrogen and oxygen atoms in total. The fourth-order valence-corrected chi connectivity index (χ4v) is 2.23. The van der Waals surface area contributed by atoms with Crippen molar-refractivity contribution < 1.29 is 19.4 Å². The molecule has 1 aliphatic heterocycles. The average Bonchev–Trinajstić information content (AvgIpc) is 2.84. The molecule has 2 amide bonds. The summed E-state index contributed by atoms with van der Waals surface area (Å²) < 4.78 is 5.06. The Bertz CT molecular complexity index is 518. The Kier molecular flexibility index (Phi) is 4.24. The number of hydrogen-bond acceptors (Lipinski definition) is 3. The summed E-state index contributed by atoms with van der Waals surface area (Å²) in [7, 11) is 1.56. The molecule has 1 aromatic rings. The molecule has 0 bridgehead atoms. The van der Waals surface area contributed by atoms with Crippen LogP contribution >= 0.6 is 0 Å². The van der Waals surface area contributed by atoms with Crippen molar-refractivity contribution >= 4 is 17.7 Å². The van der Waals surface area contributed by atoms with Crippen LogP contribution in [-0.2, 0) is 16.0 Å². The SMILES string of the molecule is COC(C)CNC(=O)N1c2ccccc2CC1C(=O)O. The molecule has 0 saturated heterocycles. The van der Waals surface area contributed by atoms with Gasteiger partial charge in [-0.3, -0.25) is 4.90 Å². The first-order valence-corrected chi connectivity index (χ1v) is 6.45. The zero-order chi connectivity index (χ0) is 14.7. The molecule has 0 spiro atoms. The maximum Gasteiger partial charge on any atom is 0.327 e. The Morgan fingerprint density at radius 2 is 2.20 bits per heavy atom. The third-order valence-corrected chi connectivity index (χ3v) is 3.42. The lowest BCUT2D eigenvalue weighted by Gasteiger charge is -2.23. The molecule has 2 atom stereocenters. The number of aliphatic carboxylic acids is 1. The van der Waals surface area contributed by atoms with Crippen LogP contribution in [-0.4, -0.2) is 42.9 Å². The third kappa shape index (κ3) is 2.75. The van der Waals surface area contributed by atoms with Gasteiger partial charge in [-0.05, 0) is 18.6 Å². The van der Waals surface area contributed by atoms with Gasteiger partial charge in [0, 0.05) is 25.8 Å². The number of hydrogen-bond donors (Lipinski definition) is 2. The van der Waals surface area contributed by atoms with Crippen LogP contribution in [0.1, 0.15) is 12.5 Å². The van der Waals surface area contributed by atoms with Crippen LogP contribution in [0.15, 0.2) is 24.3 Å². The van der Waals surface area contributed by atoms with E-state index in [1.807, 2.05) is 19.1 Å². The Morgan fingerprint density at radius 3 is 2.85 bits per heavy atom. The van der Waals surface area contributed by atoms with Crippen molar-refractivity contribution in [3.05, 3.63) is 29.8 Å². The van der Waals surface area contributed by atoms with Gasteiger partial charge in [0.2, 0.25) is 0 Å². The lowest BCUT2D eigenvalue weighted by atomic mass is 10.1. The minimum absolute atomic E-state index is 0.125. The molecule has 0 aliphatic carbocycles. The second-order valence-corrected chi connectivity index (χ2v) is 4.79. The molecule has 108 valence electrons. The van der Waals surface area contributed by atoms with Crippen molar-refractivity contribution in [2.24, 2.45) is 0 Å². The third-order valence-electron chi connectivity index (χ3n) is 3.42. The number of fused-ring (bicyclic) bond motifs is 1. The summed E-state index contributed by atoms with van der Waals surface area (Å²) in [5.74, 6) is -1.00. The number of nitrogens with zero attached hydrogens (tertiary/aromatic N) is 1. The highest BCUT2D eigenvalue weighted by Gasteiger charge is 2.38. The molecule has 0 fully saturated rings. The Labute approximate surface area is 117 Å². The number of carbonyl (C=O) groups excluding carboxylic acids is 1. The maximum absolute atomic E-state index is 12.2. The second-order valence-electron chi connectivity index (χ2n) is 4.79. The molecule has 1 aromatic carbocycles. The number of para-hydroxylation sites is 1. The fraction of sp³-hybridized carbons (Fsp3) is 0.429. The van der Waals surface area contributed by atoms with E-state index in [1.54, 1.807) is 19.2 Å². The van der Waals surface area contributed by atoms with Crippen LogP contribution in [0.2, 0.25) is 0 Å². The Morgan fingerprint density at radius 1 is 1.50 bits per heavy atom. The zero-order valence-electron chi connectivity index (χ0n) is 11.5. The number of benzene rings is 1. The molecule has 1 aliphatic rings. The summed E-state index contributed by atoms with van der Waals surface area (Å²) in [6.07, 6.45) is 0.207. The van der Waals surface area contributed by atoms with Gasteiger partial charge in [0.25, 0.3) is 0 Å². The number of carboxylic acids is 1. The van der Waals surface area contributed by atoms with Crippen LogP contribution in [0.4, 0.5) is 10.5 Å². The van der Waals surface area contributed by atoms with Gasteiger partial charge in [-0.1, -0.05) is 18.2 Å². The van der Waals surface area contributed by atoms with E-state index in [4.69, 9.17) is 4.74 Å². The number of methoxy groups -OCH3 is 1. The van der Waals surface area contributed by atoms with Crippen LogP contribution < -0.4 is 10.2 Å². The van der Waals surface area contributed by atoms with Gasteiger partial charge in [-0.15, -0.1) is 0 Å². The van der Waals surface area contributed by atoms with Crippen molar-refractivity contribution in [2.45, 2.75) is 25.5 Å². The van der Waals surface area contributed by atoms with Crippen LogP contribution in [0.3, 0.4) is 0 Å². The average molecular weight is 278 g/mol. The van der Waals surface area contributed by atoms with E-state index in [0.29, 0.717) is 18.7 Å². The smallest absolute Gasteiger partial charge is 0.327 e. The summed E-state index contributed by atoms with van der Waals surface area (Å²) >= 11 is 0. The monoisotopic (exact) mass is 278 g/mol. The lowest BCUT2D eigenvalue weighted by Crippen LogP contribution is -2.49. The zero-order valence-corrected chi connectivity index (χ0v) is 11.5. The van der Waals surface area contributed by atoms with Crippen molar-refractivity contribution in [3.63, 3.8) is 0 Å². The standard InChI is InChI=1S/C14H18N2O4/c1-9(20-2)8-15-14(19)16-11-6-4-3-5-10(11)7-12(16)13(17)18/h3-6,9,12H,7-8H2,1-2H3,(H,15,19)(H,17,18). The minimum Gasteiger partial charge on any atom is -0.480 e. The second kappa shape index (κ2) is 5.92. The Balaban J connectivity index is 2.18. The maximum atomic E-state index is 12.2. The van der Waals surface area contributed by atoms with E-state index in [0.717, 1.165) is 5.56 Å². The van der Waals surface area contributed by atoms with E-state index < -0.39 is 18.0 Å². The summed E-state index contributed by atoms with van der Waals surface area (Å²) in [5.41, 5.74) is 1.53. The van der Waals surface area contributed by atoms with Gasteiger partial charge in [0.15, 0.2) is 0 Å². The van der Waals surface area contributed by atoms with Crippen molar-refractivity contribution in [1.29, 1.82) is 0 Å². The molecular weight excluding hydrogens is 260 g/mol. The molecule has 0 radical (unpaired) electrons. The number of amides is 2. The highest BCUT2D eigenvalue weighted by atomic mass is 16.5. The van der Waals surface area contributed by atoms with Crippen LogP contribution in [0.25, 0.3) is 0 Å². The lowest BCUT2D eigenvalue weighted by molar-refractivity contribution is -0.138. The molecule has 0 aromatic heterocycles. The van der Waals surface area contributed by atoms with E-state index in [-0.39, 0.29) is 6.10 Å². The predicted octanol–water partition coefficient (Wildman–Crippen LogP) is 1.25. The van der Waals surface area contributed by atoms with E-state index in [9.17, 15) is 14.7 Å². The van der Waals surface area contributed by atoms with E-state index in [2.05, 4.69) is 5.32 Å². The molecule has 2 N–H and O–H groups in total. The largest absolute Gasteiger partial charge is 0.480 e. The number of rotatable bonds is 4. The quantitative estimate of drug-likeness (QED) is 0.868.